The summed E-state index contributed by atoms with van der Waals surface area (Å²) in [7, 11) is 0. The summed E-state index contributed by atoms with van der Waals surface area (Å²) < 4.78 is 0. The normalized spacial score (nSPS) is 12.0. The van der Waals surface area contributed by atoms with Crippen molar-refractivity contribution in [3.63, 3.8) is 0 Å². The Hall–Kier alpha value is -0.120. The highest BCUT2D eigenvalue weighted by Crippen LogP contribution is 2.14. The molecule has 0 bridgehead atoms. The van der Waals surface area contributed by atoms with Crippen LogP contribution in [0.5, 0.6) is 0 Å². The summed E-state index contributed by atoms with van der Waals surface area (Å²) in [5.41, 5.74) is 0. The third-order valence-corrected chi connectivity index (χ3v) is 3.62. The Kier molecular flexibility index (Phi) is 12.8. The fourth-order valence-corrected chi connectivity index (χ4v) is 2.38. The first-order valence-electron chi connectivity index (χ1n) is 8.23. The van der Waals surface area contributed by atoms with E-state index in [-0.39, 0.29) is 6.42 Å². The molecular formula is C16H34O3. The molecule has 0 unspecified atom stereocenters. The summed E-state index contributed by atoms with van der Waals surface area (Å²) in [6.45, 7) is 2.25. The van der Waals surface area contributed by atoms with Gasteiger partial charge in [0.25, 0.3) is 5.97 Å². The van der Waals surface area contributed by atoms with Crippen molar-refractivity contribution in [3.05, 3.63) is 0 Å². The van der Waals surface area contributed by atoms with Crippen molar-refractivity contribution in [2.75, 3.05) is 0 Å². The molecule has 0 rings (SSSR count). The first kappa shape index (κ1) is 18.9. The Labute approximate surface area is 119 Å². The van der Waals surface area contributed by atoms with Crippen LogP contribution in [0, 0.1) is 0 Å². The average Bonchev–Trinajstić information content (AvgIpc) is 2.34. The molecule has 0 aromatic heterocycles. The van der Waals surface area contributed by atoms with Crippen molar-refractivity contribution in [2.24, 2.45) is 0 Å². The van der Waals surface area contributed by atoms with Crippen LogP contribution in [0.1, 0.15) is 96.8 Å². The van der Waals surface area contributed by atoms with Gasteiger partial charge in [-0.05, 0) is 6.42 Å². The molecule has 3 nitrogen and oxygen atoms in total. The van der Waals surface area contributed by atoms with Gasteiger partial charge in [-0.25, -0.2) is 0 Å². The second kappa shape index (κ2) is 12.9. The van der Waals surface area contributed by atoms with Crippen LogP contribution in [0.2, 0.25) is 0 Å². The third kappa shape index (κ3) is 17.9. The summed E-state index contributed by atoms with van der Waals surface area (Å²) >= 11 is 0. The lowest BCUT2D eigenvalue weighted by Gasteiger charge is -2.12. The van der Waals surface area contributed by atoms with Crippen molar-refractivity contribution in [2.45, 2.75) is 103 Å². The van der Waals surface area contributed by atoms with Crippen LogP contribution in [0.4, 0.5) is 0 Å². The molecule has 0 aliphatic rings. The molecular weight excluding hydrogens is 240 g/mol. The van der Waals surface area contributed by atoms with Crippen LogP contribution < -0.4 is 0 Å². The quantitative estimate of drug-likeness (QED) is 0.330. The summed E-state index contributed by atoms with van der Waals surface area (Å²) in [6, 6.07) is 0. The molecule has 0 spiro atoms. The fourth-order valence-electron chi connectivity index (χ4n) is 2.38. The Balaban J connectivity index is 2.99. The number of hydrogen-bond acceptors (Lipinski definition) is 3. The smallest absolute Gasteiger partial charge is 0.275 e. The maximum absolute atomic E-state index is 8.71. The molecule has 0 aromatic carbocycles. The zero-order valence-electron chi connectivity index (χ0n) is 12.7. The van der Waals surface area contributed by atoms with Gasteiger partial charge >= 0.3 is 0 Å². The molecule has 0 radical (unpaired) electrons. The van der Waals surface area contributed by atoms with Gasteiger partial charge in [0.15, 0.2) is 0 Å². The lowest BCUT2D eigenvalue weighted by molar-refractivity contribution is -0.315. The van der Waals surface area contributed by atoms with E-state index in [0.29, 0.717) is 6.42 Å². The fraction of sp³-hybridized carbons (Fsp3) is 1.00. The van der Waals surface area contributed by atoms with E-state index in [1.54, 1.807) is 0 Å². The molecule has 0 atom stereocenters. The van der Waals surface area contributed by atoms with E-state index in [1.165, 1.54) is 64.2 Å². The molecule has 0 saturated heterocycles. The average molecular weight is 274 g/mol. The molecule has 116 valence electrons. The lowest BCUT2D eigenvalue weighted by Crippen LogP contribution is -2.26. The van der Waals surface area contributed by atoms with Gasteiger partial charge in [0.1, 0.15) is 0 Å². The lowest BCUT2D eigenvalue weighted by atomic mass is 10.0. The molecule has 0 heterocycles. The van der Waals surface area contributed by atoms with Crippen molar-refractivity contribution in [1.82, 2.24) is 0 Å². The predicted molar refractivity (Wildman–Crippen MR) is 79.7 cm³/mol. The van der Waals surface area contributed by atoms with Crippen LogP contribution in [0.25, 0.3) is 0 Å². The Morgan fingerprint density at radius 1 is 0.526 bits per heavy atom. The number of rotatable bonds is 14. The second-order valence-electron chi connectivity index (χ2n) is 5.77. The largest absolute Gasteiger partial charge is 0.344 e. The third-order valence-electron chi connectivity index (χ3n) is 3.62. The number of hydrogen-bond donors (Lipinski definition) is 3. The van der Waals surface area contributed by atoms with Gasteiger partial charge in [-0.1, -0.05) is 84.0 Å². The Morgan fingerprint density at radius 2 is 0.842 bits per heavy atom. The van der Waals surface area contributed by atoms with Gasteiger partial charge < -0.3 is 15.3 Å². The van der Waals surface area contributed by atoms with Crippen molar-refractivity contribution < 1.29 is 15.3 Å². The van der Waals surface area contributed by atoms with E-state index in [9.17, 15) is 0 Å². The minimum atomic E-state index is -2.46. The SMILES string of the molecule is CCCCCCCCCCCCCCCC(O)(O)O. The minimum Gasteiger partial charge on any atom is -0.344 e. The molecule has 3 N–H and O–H groups in total. The van der Waals surface area contributed by atoms with E-state index < -0.39 is 5.97 Å². The molecule has 0 aliphatic carbocycles. The molecule has 0 amide bonds. The first-order chi connectivity index (χ1) is 9.06. The molecule has 19 heavy (non-hydrogen) atoms. The van der Waals surface area contributed by atoms with Crippen LogP contribution >= 0.6 is 0 Å². The molecule has 0 aliphatic heterocycles. The predicted octanol–water partition coefficient (Wildman–Crippen LogP) is 4.10. The van der Waals surface area contributed by atoms with E-state index >= 15 is 0 Å². The van der Waals surface area contributed by atoms with E-state index in [1.807, 2.05) is 0 Å². The van der Waals surface area contributed by atoms with Crippen LogP contribution in [-0.2, 0) is 0 Å². The zero-order valence-corrected chi connectivity index (χ0v) is 12.7. The van der Waals surface area contributed by atoms with E-state index in [0.717, 1.165) is 12.8 Å². The zero-order chi connectivity index (χ0) is 14.4. The molecule has 0 aromatic rings. The number of aliphatic hydroxyl groups is 3. The van der Waals surface area contributed by atoms with Gasteiger partial charge in [0, 0.05) is 6.42 Å². The second-order valence-corrected chi connectivity index (χ2v) is 5.77. The number of unbranched alkanes of at least 4 members (excludes halogenated alkanes) is 12. The van der Waals surface area contributed by atoms with Gasteiger partial charge in [-0.2, -0.15) is 0 Å². The van der Waals surface area contributed by atoms with Crippen LogP contribution in [-0.4, -0.2) is 21.3 Å². The first-order valence-corrected chi connectivity index (χ1v) is 8.23. The molecule has 0 saturated carbocycles. The maximum atomic E-state index is 8.71. The Bertz CT molecular complexity index is 175. The monoisotopic (exact) mass is 274 g/mol. The van der Waals surface area contributed by atoms with Gasteiger partial charge in [-0.15, -0.1) is 0 Å². The maximum Gasteiger partial charge on any atom is 0.275 e. The van der Waals surface area contributed by atoms with Crippen LogP contribution in [0.3, 0.4) is 0 Å². The highest BCUT2D eigenvalue weighted by Gasteiger charge is 2.16. The highest BCUT2D eigenvalue weighted by atomic mass is 16.7. The summed E-state index contributed by atoms with van der Waals surface area (Å²) in [5, 5.41) is 26.1. The van der Waals surface area contributed by atoms with E-state index in [2.05, 4.69) is 6.92 Å². The van der Waals surface area contributed by atoms with Gasteiger partial charge in [-0.3, -0.25) is 0 Å². The van der Waals surface area contributed by atoms with Crippen molar-refractivity contribution >= 4 is 0 Å². The van der Waals surface area contributed by atoms with Crippen LogP contribution in [0.15, 0.2) is 0 Å². The summed E-state index contributed by atoms with van der Waals surface area (Å²) in [5.74, 6) is -2.46. The highest BCUT2D eigenvalue weighted by molar-refractivity contribution is 4.51. The Morgan fingerprint density at radius 3 is 1.16 bits per heavy atom. The minimum absolute atomic E-state index is 0.0603. The summed E-state index contributed by atoms with van der Waals surface area (Å²) in [4.78, 5) is 0. The molecule has 0 fully saturated rings. The van der Waals surface area contributed by atoms with Crippen molar-refractivity contribution in [3.8, 4) is 0 Å². The van der Waals surface area contributed by atoms with Gasteiger partial charge in [0.05, 0.1) is 0 Å². The van der Waals surface area contributed by atoms with Gasteiger partial charge in [0.2, 0.25) is 0 Å². The molecule has 3 heteroatoms. The van der Waals surface area contributed by atoms with Crippen molar-refractivity contribution in [1.29, 1.82) is 0 Å². The standard InChI is InChI=1S/C16H34O3/c1-2-3-4-5-6-7-8-9-10-11-12-13-14-15-16(17,18)19/h17-19H,2-15H2,1H3. The van der Waals surface area contributed by atoms with E-state index in [4.69, 9.17) is 15.3 Å². The topological polar surface area (TPSA) is 60.7 Å². The summed E-state index contributed by atoms with van der Waals surface area (Å²) in [6.07, 6.45) is 16.3.